The Bertz CT molecular complexity index is 1060. The van der Waals surface area contributed by atoms with Crippen molar-refractivity contribution < 1.29 is 4.52 Å². The molecule has 0 aliphatic rings. The number of aromatic nitrogens is 5. The number of benzene rings is 1. The van der Waals surface area contributed by atoms with Crippen molar-refractivity contribution in [3.8, 4) is 22.8 Å². The SMILES string of the molecule is Cn1c(=O)n(C)c2cc(-c3nc(-c4cccnc4)no3)ccc21. The van der Waals surface area contributed by atoms with E-state index in [0.29, 0.717) is 11.7 Å². The smallest absolute Gasteiger partial charge is 0.328 e. The van der Waals surface area contributed by atoms with Crippen LogP contribution in [0.25, 0.3) is 33.9 Å². The number of aryl methyl sites for hydroxylation is 2. The first-order chi connectivity index (χ1) is 11.1. The fourth-order valence-electron chi connectivity index (χ4n) is 2.59. The molecule has 0 saturated carbocycles. The van der Waals surface area contributed by atoms with Gasteiger partial charge in [-0.1, -0.05) is 5.16 Å². The van der Waals surface area contributed by atoms with Crippen LogP contribution in [0.15, 0.2) is 52.0 Å². The highest BCUT2D eigenvalue weighted by atomic mass is 16.5. The molecule has 3 heterocycles. The number of fused-ring (bicyclic) bond motifs is 1. The third-order valence-corrected chi connectivity index (χ3v) is 3.86. The maximum atomic E-state index is 12.0. The van der Waals surface area contributed by atoms with Crippen LogP contribution in [0.4, 0.5) is 0 Å². The van der Waals surface area contributed by atoms with E-state index in [9.17, 15) is 4.79 Å². The minimum atomic E-state index is -0.0706. The third kappa shape index (κ3) is 2.05. The van der Waals surface area contributed by atoms with E-state index in [1.807, 2.05) is 30.3 Å². The molecule has 4 aromatic rings. The lowest BCUT2D eigenvalue weighted by Crippen LogP contribution is -2.19. The van der Waals surface area contributed by atoms with E-state index in [1.165, 1.54) is 0 Å². The van der Waals surface area contributed by atoms with Crippen LogP contribution < -0.4 is 5.69 Å². The molecule has 114 valence electrons. The molecule has 1 aromatic carbocycles. The zero-order valence-corrected chi connectivity index (χ0v) is 12.6. The van der Waals surface area contributed by atoms with Crippen molar-refractivity contribution in [2.75, 3.05) is 0 Å². The number of pyridine rings is 1. The Morgan fingerprint density at radius 2 is 1.87 bits per heavy atom. The molecule has 7 nitrogen and oxygen atoms in total. The first kappa shape index (κ1) is 13.4. The fourth-order valence-corrected chi connectivity index (χ4v) is 2.59. The molecule has 0 amide bonds. The highest BCUT2D eigenvalue weighted by Crippen LogP contribution is 2.24. The van der Waals surface area contributed by atoms with Crippen LogP contribution in [0.3, 0.4) is 0 Å². The summed E-state index contributed by atoms with van der Waals surface area (Å²) in [7, 11) is 3.49. The molecule has 0 unspecified atom stereocenters. The van der Waals surface area contributed by atoms with E-state index in [1.54, 1.807) is 35.6 Å². The largest absolute Gasteiger partial charge is 0.334 e. The molecule has 0 aliphatic carbocycles. The quantitative estimate of drug-likeness (QED) is 0.566. The molecule has 3 aromatic heterocycles. The van der Waals surface area contributed by atoms with Crippen molar-refractivity contribution in [3.63, 3.8) is 0 Å². The van der Waals surface area contributed by atoms with E-state index < -0.39 is 0 Å². The van der Waals surface area contributed by atoms with Gasteiger partial charge in [-0.3, -0.25) is 14.1 Å². The number of hydrogen-bond acceptors (Lipinski definition) is 5. The molecule has 0 aliphatic heterocycles. The zero-order chi connectivity index (χ0) is 16.0. The molecular weight excluding hydrogens is 294 g/mol. The van der Waals surface area contributed by atoms with Crippen LogP contribution in [0.2, 0.25) is 0 Å². The second-order valence-electron chi connectivity index (χ2n) is 5.27. The van der Waals surface area contributed by atoms with E-state index in [-0.39, 0.29) is 5.69 Å². The van der Waals surface area contributed by atoms with Crippen molar-refractivity contribution in [3.05, 3.63) is 53.2 Å². The Kier molecular flexibility index (Phi) is 2.87. The van der Waals surface area contributed by atoms with E-state index in [2.05, 4.69) is 15.1 Å². The van der Waals surface area contributed by atoms with Gasteiger partial charge in [0.2, 0.25) is 5.82 Å². The molecule has 0 fully saturated rings. The van der Waals surface area contributed by atoms with Gasteiger partial charge in [-0.15, -0.1) is 0 Å². The van der Waals surface area contributed by atoms with Gasteiger partial charge in [-0.25, -0.2) is 4.79 Å². The van der Waals surface area contributed by atoms with E-state index >= 15 is 0 Å². The van der Waals surface area contributed by atoms with Gasteiger partial charge in [0.25, 0.3) is 5.89 Å². The van der Waals surface area contributed by atoms with Crippen LogP contribution in [0.5, 0.6) is 0 Å². The molecule has 0 spiro atoms. The molecule has 4 rings (SSSR count). The summed E-state index contributed by atoms with van der Waals surface area (Å²) < 4.78 is 8.55. The average Bonchev–Trinajstić information content (AvgIpc) is 3.17. The third-order valence-electron chi connectivity index (χ3n) is 3.86. The maximum Gasteiger partial charge on any atom is 0.328 e. The predicted octanol–water partition coefficient (Wildman–Crippen LogP) is 1.99. The standard InChI is InChI=1S/C16H13N5O2/c1-20-12-6-5-10(8-13(12)21(2)16(20)22)15-18-14(19-23-15)11-4-3-7-17-9-11/h3-9H,1-2H3. The first-order valence-corrected chi connectivity index (χ1v) is 7.05. The fraction of sp³-hybridized carbons (Fsp3) is 0.125. The average molecular weight is 307 g/mol. The number of imidazole rings is 1. The first-order valence-electron chi connectivity index (χ1n) is 7.05. The summed E-state index contributed by atoms with van der Waals surface area (Å²) in [5.74, 6) is 0.886. The molecule has 0 bridgehead atoms. The number of nitrogens with zero attached hydrogens (tertiary/aromatic N) is 5. The van der Waals surface area contributed by atoms with Gasteiger partial charge in [0.15, 0.2) is 0 Å². The topological polar surface area (TPSA) is 78.7 Å². The van der Waals surface area contributed by atoms with Crippen molar-refractivity contribution in [1.29, 1.82) is 0 Å². The van der Waals surface area contributed by atoms with Crippen molar-refractivity contribution in [1.82, 2.24) is 24.3 Å². The predicted molar refractivity (Wildman–Crippen MR) is 84.7 cm³/mol. The molecule has 0 N–H and O–H groups in total. The summed E-state index contributed by atoms with van der Waals surface area (Å²) in [5, 5.41) is 3.99. The van der Waals surface area contributed by atoms with Crippen LogP contribution >= 0.6 is 0 Å². The Morgan fingerprint density at radius 1 is 1.04 bits per heavy atom. The normalized spacial score (nSPS) is 11.2. The number of hydrogen-bond donors (Lipinski definition) is 0. The molecule has 23 heavy (non-hydrogen) atoms. The van der Waals surface area contributed by atoms with Gasteiger partial charge in [0.05, 0.1) is 11.0 Å². The van der Waals surface area contributed by atoms with Gasteiger partial charge in [-0.2, -0.15) is 4.98 Å². The minimum absolute atomic E-state index is 0.0706. The molecule has 0 atom stereocenters. The minimum Gasteiger partial charge on any atom is -0.334 e. The van der Waals surface area contributed by atoms with Crippen molar-refractivity contribution >= 4 is 11.0 Å². The lowest BCUT2D eigenvalue weighted by Gasteiger charge is -1.97. The lowest BCUT2D eigenvalue weighted by atomic mass is 10.2. The molecule has 0 saturated heterocycles. The van der Waals surface area contributed by atoms with Crippen LogP contribution in [0, 0.1) is 0 Å². The molecule has 7 heteroatoms. The summed E-state index contributed by atoms with van der Waals surface area (Å²) in [6, 6.07) is 9.29. The van der Waals surface area contributed by atoms with Crippen LogP contribution in [-0.4, -0.2) is 24.3 Å². The number of rotatable bonds is 2. The second kappa shape index (κ2) is 4.91. The summed E-state index contributed by atoms with van der Waals surface area (Å²) in [5.41, 5.74) is 3.15. The summed E-state index contributed by atoms with van der Waals surface area (Å²) >= 11 is 0. The van der Waals surface area contributed by atoms with Gasteiger partial charge in [0.1, 0.15) is 0 Å². The Labute approximate surface area is 130 Å². The summed E-state index contributed by atoms with van der Waals surface area (Å²) in [4.78, 5) is 20.4. The van der Waals surface area contributed by atoms with Gasteiger partial charge in [0, 0.05) is 37.6 Å². The summed E-state index contributed by atoms with van der Waals surface area (Å²) in [6.45, 7) is 0. The molecular formula is C16H13N5O2. The zero-order valence-electron chi connectivity index (χ0n) is 12.6. The maximum absolute atomic E-state index is 12.0. The highest BCUT2D eigenvalue weighted by Gasteiger charge is 2.14. The van der Waals surface area contributed by atoms with Gasteiger partial charge < -0.3 is 4.52 Å². The lowest BCUT2D eigenvalue weighted by molar-refractivity contribution is 0.432. The van der Waals surface area contributed by atoms with E-state index in [4.69, 9.17) is 4.52 Å². The van der Waals surface area contributed by atoms with Crippen molar-refractivity contribution in [2.45, 2.75) is 0 Å². The Hall–Kier alpha value is -3.22. The van der Waals surface area contributed by atoms with Gasteiger partial charge >= 0.3 is 5.69 Å². The van der Waals surface area contributed by atoms with Crippen molar-refractivity contribution in [2.24, 2.45) is 14.1 Å². The summed E-state index contributed by atoms with van der Waals surface area (Å²) in [6.07, 6.45) is 3.37. The molecule has 0 radical (unpaired) electrons. The Balaban J connectivity index is 1.83. The van der Waals surface area contributed by atoms with E-state index in [0.717, 1.165) is 22.2 Å². The monoisotopic (exact) mass is 307 g/mol. The van der Waals surface area contributed by atoms with Gasteiger partial charge in [-0.05, 0) is 30.3 Å². The van der Waals surface area contributed by atoms with Crippen LogP contribution in [-0.2, 0) is 14.1 Å². The second-order valence-corrected chi connectivity index (χ2v) is 5.27. The van der Waals surface area contributed by atoms with Crippen LogP contribution in [0.1, 0.15) is 0 Å². The highest BCUT2D eigenvalue weighted by molar-refractivity contribution is 5.81. The Morgan fingerprint density at radius 3 is 2.65 bits per heavy atom.